The van der Waals surface area contributed by atoms with Crippen molar-refractivity contribution in [2.75, 3.05) is 19.0 Å². The molecule has 1 unspecified atom stereocenters. The second-order valence-electron chi connectivity index (χ2n) is 4.90. The van der Waals surface area contributed by atoms with Gasteiger partial charge in [0, 0.05) is 19.3 Å². The molecule has 1 N–H and O–H groups in total. The number of nitrogens with one attached hydrogen (secondary N) is 1. The zero-order valence-electron chi connectivity index (χ0n) is 12.1. The number of anilines is 1. The number of halogens is 1. The first-order valence-electron chi connectivity index (χ1n) is 6.69. The Balaban J connectivity index is 2.16. The van der Waals surface area contributed by atoms with E-state index in [2.05, 4.69) is 34.3 Å². The van der Waals surface area contributed by atoms with Gasteiger partial charge in [0.15, 0.2) is 0 Å². The van der Waals surface area contributed by atoms with Crippen molar-refractivity contribution >= 4 is 17.3 Å². The van der Waals surface area contributed by atoms with Crippen molar-refractivity contribution in [3.63, 3.8) is 0 Å². The summed E-state index contributed by atoms with van der Waals surface area (Å²) in [5.41, 5.74) is 3.23. The van der Waals surface area contributed by atoms with Crippen LogP contribution in [0.2, 0.25) is 5.02 Å². The van der Waals surface area contributed by atoms with E-state index in [9.17, 15) is 0 Å². The number of hydrogen-bond donors (Lipinski definition) is 1. The monoisotopic (exact) mass is 289 g/mol. The standard InChI is InChI=1S/C16H20ClN3/c1-12(18-2)13-7-8-16(15(17)10-13)20(3)11-14-6-4-5-9-19-14/h4-10,12,18H,11H2,1-3H3. The molecule has 0 aliphatic heterocycles. The quantitative estimate of drug-likeness (QED) is 0.911. The van der Waals surface area contributed by atoms with Gasteiger partial charge in [0.2, 0.25) is 0 Å². The number of nitrogens with zero attached hydrogens (tertiary/aromatic N) is 2. The second-order valence-corrected chi connectivity index (χ2v) is 5.31. The summed E-state index contributed by atoms with van der Waals surface area (Å²) < 4.78 is 0. The van der Waals surface area contributed by atoms with Gasteiger partial charge in [0.25, 0.3) is 0 Å². The third-order valence-corrected chi connectivity index (χ3v) is 3.74. The third kappa shape index (κ3) is 3.50. The maximum atomic E-state index is 6.40. The molecule has 2 aromatic rings. The summed E-state index contributed by atoms with van der Waals surface area (Å²) in [6, 6.07) is 12.4. The van der Waals surface area contributed by atoms with Crippen molar-refractivity contribution in [2.24, 2.45) is 0 Å². The fourth-order valence-electron chi connectivity index (χ4n) is 2.09. The van der Waals surface area contributed by atoms with Gasteiger partial charge in [0.05, 0.1) is 22.9 Å². The fourth-order valence-corrected chi connectivity index (χ4v) is 2.42. The summed E-state index contributed by atoms with van der Waals surface area (Å²) >= 11 is 6.40. The lowest BCUT2D eigenvalue weighted by molar-refractivity contribution is 0.652. The molecule has 0 spiro atoms. The molecule has 106 valence electrons. The maximum absolute atomic E-state index is 6.40. The SMILES string of the molecule is CNC(C)c1ccc(N(C)Cc2ccccn2)c(Cl)c1. The number of pyridine rings is 1. The first-order valence-corrected chi connectivity index (χ1v) is 7.07. The Morgan fingerprint density at radius 3 is 2.70 bits per heavy atom. The van der Waals surface area contributed by atoms with Crippen LogP contribution < -0.4 is 10.2 Å². The maximum Gasteiger partial charge on any atom is 0.0642 e. The van der Waals surface area contributed by atoms with Gasteiger partial charge in [-0.25, -0.2) is 0 Å². The zero-order chi connectivity index (χ0) is 14.5. The molecule has 0 saturated carbocycles. The first kappa shape index (κ1) is 14.8. The van der Waals surface area contributed by atoms with E-state index in [1.54, 1.807) is 0 Å². The average molecular weight is 290 g/mol. The van der Waals surface area contributed by atoms with E-state index in [0.717, 1.165) is 22.9 Å². The highest BCUT2D eigenvalue weighted by Crippen LogP contribution is 2.29. The van der Waals surface area contributed by atoms with E-state index in [1.807, 2.05) is 44.6 Å². The number of benzene rings is 1. The van der Waals surface area contributed by atoms with Crippen LogP contribution in [0.3, 0.4) is 0 Å². The highest BCUT2D eigenvalue weighted by Gasteiger charge is 2.10. The van der Waals surface area contributed by atoms with Crippen LogP contribution in [-0.2, 0) is 6.54 Å². The van der Waals surface area contributed by atoms with Crippen LogP contribution in [0.1, 0.15) is 24.2 Å². The Morgan fingerprint density at radius 1 is 1.30 bits per heavy atom. The molecule has 0 amide bonds. The Hall–Kier alpha value is -1.58. The van der Waals surface area contributed by atoms with Crippen molar-refractivity contribution in [1.82, 2.24) is 10.3 Å². The van der Waals surface area contributed by atoms with Crippen LogP contribution >= 0.6 is 11.6 Å². The molecule has 0 aliphatic rings. The summed E-state index contributed by atoms with van der Waals surface area (Å²) in [4.78, 5) is 6.45. The lowest BCUT2D eigenvalue weighted by Gasteiger charge is -2.21. The Bertz CT molecular complexity index is 557. The molecule has 2 rings (SSSR count). The molecule has 0 aliphatic carbocycles. The van der Waals surface area contributed by atoms with Crippen molar-refractivity contribution in [3.8, 4) is 0 Å². The van der Waals surface area contributed by atoms with E-state index in [0.29, 0.717) is 6.04 Å². The molecule has 1 aromatic heterocycles. The molecular formula is C16H20ClN3. The lowest BCUT2D eigenvalue weighted by atomic mass is 10.1. The second kappa shape index (κ2) is 6.73. The normalized spacial score (nSPS) is 12.2. The minimum absolute atomic E-state index is 0.294. The summed E-state index contributed by atoms with van der Waals surface area (Å²) in [5.74, 6) is 0. The van der Waals surface area contributed by atoms with Crippen molar-refractivity contribution in [2.45, 2.75) is 19.5 Å². The number of hydrogen-bond acceptors (Lipinski definition) is 3. The molecule has 1 aromatic carbocycles. The van der Waals surface area contributed by atoms with Crippen LogP contribution in [0, 0.1) is 0 Å². The Kier molecular flexibility index (Phi) is 4.99. The van der Waals surface area contributed by atoms with Crippen molar-refractivity contribution in [3.05, 3.63) is 58.9 Å². The zero-order valence-corrected chi connectivity index (χ0v) is 12.9. The van der Waals surface area contributed by atoms with Crippen LogP contribution in [0.4, 0.5) is 5.69 Å². The fraction of sp³-hybridized carbons (Fsp3) is 0.312. The van der Waals surface area contributed by atoms with Gasteiger partial charge in [0.1, 0.15) is 0 Å². The summed E-state index contributed by atoms with van der Waals surface area (Å²) in [5, 5.41) is 3.98. The van der Waals surface area contributed by atoms with Crippen LogP contribution in [0.15, 0.2) is 42.6 Å². The van der Waals surface area contributed by atoms with E-state index in [4.69, 9.17) is 11.6 Å². The molecule has 3 nitrogen and oxygen atoms in total. The van der Waals surface area contributed by atoms with Gasteiger partial charge in [-0.2, -0.15) is 0 Å². The van der Waals surface area contributed by atoms with E-state index >= 15 is 0 Å². The van der Waals surface area contributed by atoms with Crippen LogP contribution in [0.25, 0.3) is 0 Å². The molecule has 0 fully saturated rings. The topological polar surface area (TPSA) is 28.2 Å². The van der Waals surface area contributed by atoms with Gasteiger partial charge >= 0.3 is 0 Å². The Morgan fingerprint density at radius 2 is 2.10 bits per heavy atom. The molecule has 1 atom stereocenters. The van der Waals surface area contributed by atoms with Crippen molar-refractivity contribution < 1.29 is 0 Å². The smallest absolute Gasteiger partial charge is 0.0642 e. The molecule has 1 heterocycles. The molecule has 20 heavy (non-hydrogen) atoms. The predicted octanol–water partition coefficient (Wildman–Crippen LogP) is 3.65. The predicted molar refractivity (Wildman–Crippen MR) is 85.3 cm³/mol. The number of rotatable bonds is 5. The Labute approximate surface area is 125 Å². The minimum atomic E-state index is 0.294. The highest BCUT2D eigenvalue weighted by molar-refractivity contribution is 6.33. The highest BCUT2D eigenvalue weighted by atomic mass is 35.5. The average Bonchev–Trinajstić information content (AvgIpc) is 2.47. The van der Waals surface area contributed by atoms with E-state index in [-0.39, 0.29) is 0 Å². The number of aromatic nitrogens is 1. The molecule has 0 radical (unpaired) electrons. The molecule has 4 heteroatoms. The summed E-state index contributed by atoms with van der Waals surface area (Å²) in [6.45, 7) is 2.85. The van der Waals surface area contributed by atoms with Crippen LogP contribution in [-0.4, -0.2) is 19.1 Å². The third-order valence-electron chi connectivity index (χ3n) is 3.44. The van der Waals surface area contributed by atoms with Crippen molar-refractivity contribution in [1.29, 1.82) is 0 Å². The molecule has 0 saturated heterocycles. The van der Waals surface area contributed by atoms with E-state index < -0.39 is 0 Å². The summed E-state index contributed by atoms with van der Waals surface area (Å²) in [7, 11) is 3.97. The lowest BCUT2D eigenvalue weighted by Crippen LogP contribution is -2.18. The minimum Gasteiger partial charge on any atom is -0.367 e. The molecular weight excluding hydrogens is 270 g/mol. The van der Waals surface area contributed by atoms with E-state index in [1.165, 1.54) is 5.56 Å². The van der Waals surface area contributed by atoms with Gasteiger partial charge < -0.3 is 10.2 Å². The van der Waals surface area contributed by atoms with Gasteiger partial charge in [-0.1, -0.05) is 23.7 Å². The first-order chi connectivity index (χ1) is 9.61. The van der Waals surface area contributed by atoms with Gasteiger partial charge in [-0.15, -0.1) is 0 Å². The largest absolute Gasteiger partial charge is 0.367 e. The molecule has 0 bridgehead atoms. The van der Waals surface area contributed by atoms with Gasteiger partial charge in [-0.3, -0.25) is 4.98 Å². The van der Waals surface area contributed by atoms with Crippen LogP contribution in [0.5, 0.6) is 0 Å². The summed E-state index contributed by atoms with van der Waals surface area (Å²) in [6.07, 6.45) is 1.81. The van der Waals surface area contributed by atoms with Gasteiger partial charge in [-0.05, 0) is 43.8 Å².